The van der Waals surface area contributed by atoms with Gasteiger partial charge in [0, 0.05) is 28.6 Å². The van der Waals surface area contributed by atoms with Crippen molar-refractivity contribution < 1.29 is 14.3 Å². The Morgan fingerprint density at radius 1 is 1.15 bits per heavy atom. The van der Waals surface area contributed by atoms with Crippen molar-refractivity contribution in [2.45, 2.75) is 35.6 Å². The molecule has 33 heavy (non-hydrogen) atoms. The van der Waals surface area contributed by atoms with Gasteiger partial charge in [-0.2, -0.15) is 0 Å². The molecule has 0 spiro atoms. The molecule has 2 amide bonds. The van der Waals surface area contributed by atoms with E-state index in [0.717, 1.165) is 33.8 Å². The summed E-state index contributed by atoms with van der Waals surface area (Å²) in [7, 11) is 1.64. The highest BCUT2D eigenvalue weighted by atomic mass is 32.2. The average molecular weight is 468 g/mol. The summed E-state index contributed by atoms with van der Waals surface area (Å²) in [5, 5.41) is 4.24. The summed E-state index contributed by atoms with van der Waals surface area (Å²) in [6, 6.07) is 10.7. The molecule has 9 heteroatoms. The quantitative estimate of drug-likeness (QED) is 0.352. The summed E-state index contributed by atoms with van der Waals surface area (Å²) in [6.45, 7) is 4.07. The topological polar surface area (TPSA) is 103 Å². The lowest BCUT2D eigenvalue weighted by Crippen LogP contribution is -2.31. The standard InChI is InChI=1S/C24H29N5O3S/c1-31-21-14-19-20(15-22(21)32-12-6-11-29-9-3-2-4-10-29)26-16-27-23(19)33-18-8-5-7-17(13-18)28-24(25)30/h5,7-8,13-16H,2-4,6,9-12H2,1H3,(H3,25,28,30). The zero-order valence-electron chi connectivity index (χ0n) is 18.8. The van der Waals surface area contributed by atoms with E-state index in [1.54, 1.807) is 19.5 Å². The number of hydrogen-bond donors (Lipinski definition) is 2. The SMILES string of the molecule is COc1cc2c(Sc3cccc(NC(N)=O)c3)ncnc2cc1OCCCN1CCCCC1. The van der Waals surface area contributed by atoms with Gasteiger partial charge in [0.15, 0.2) is 11.5 Å². The van der Waals surface area contributed by atoms with Crippen LogP contribution in [0.15, 0.2) is 52.6 Å². The van der Waals surface area contributed by atoms with Gasteiger partial charge >= 0.3 is 6.03 Å². The van der Waals surface area contributed by atoms with Crippen molar-refractivity contribution in [3.05, 3.63) is 42.7 Å². The van der Waals surface area contributed by atoms with E-state index in [9.17, 15) is 4.79 Å². The molecule has 1 fully saturated rings. The van der Waals surface area contributed by atoms with Crippen LogP contribution in [-0.2, 0) is 0 Å². The van der Waals surface area contributed by atoms with Gasteiger partial charge < -0.3 is 25.4 Å². The van der Waals surface area contributed by atoms with Crippen molar-refractivity contribution in [1.82, 2.24) is 14.9 Å². The molecule has 0 aliphatic carbocycles. The number of methoxy groups -OCH3 is 1. The molecule has 2 aromatic carbocycles. The number of carbonyl (C=O) groups is 1. The largest absolute Gasteiger partial charge is 0.493 e. The molecule has 3 N–H and O–H groups in total. The van der Waals surface area contributed by atoms with Crippen LogP contribution in [-0.4, -0.2) is 54.2 Å². The number of nitrogens with two attached hydrogens (primary N) is 1. The van der Waals surface area contributed by atoms with Gasteiger partial charge in [0.25, 0.3) is 0 Å². The Morgan fingerprint density at radius 2 is 2.00 bits per heavy atom. The summed E-state index contributed by atoms with van der Waals surface area (Å²) in [5.41, 5.74) is 6.63. The Bertz CT molecular complexity index is 1100. The monoisotopic (exact) mass is 467 g/mol. The lowest BCUT2D eigenvalue weighted by atomic mass is 10.1. The molecule has 8 nitrogen and oxygen atoms in total. The second-order valence-electron chi connectivity index (χ2n) is 7.92. The molecule has 174 valence electrons. The van der Waals surface area contributed by atoms with Crippen LogP contribution in [0.25, 0.3) is 10.9 Å². The van der Waals surface area contributed by atoms with E-state index in [4.69, 9.17) is 15.2 Å². The lowest BCUT2D eigenvalue weighted by Gasteiger charge is -2.26. The number of urea groups is 1. The van der Waals surface area contributed by atoms with Crippen molar-refractivity contribution in [1.29, 1.82) is 0 Å². The minimum absolute atomic E-state index is 0.599. The van der Waals surface area contributed by atoms with E-state index < -0.39 is 6.03 Å². The highest BCUT2D eigenvalue weighted by Gasteiger charge is 2.14. The number of benzene rings is 2. The van der Waals surface area contributed by atoms with Crippen LogP contribution >= 0.6 is 11.8 Å². The lowest BCUT2D eigenvalue weighted by molar-refractivity contribution is 0.203. The predicted molar refractivity (Wildman–Crippen MR) is 130 cm³/mol. The Hall–Kier alpha value is -3.04. The number of carbonyl (C=O) groups excluding carboxylic acids is 1. The first-order valence-electron chi connectivity index (χ1n) is 11.1. The molecule has 4 rings (SSSR count). The zero-order chi connectivity index (χ0) is 23.0. The van der Waals surface area contributed by atoms with Crippen molar-refractivity contribution in [2.24, 2.45) is 5.73 Å². The highest BCUT2D eigenvalue weighted by Crippen LogP contribution is 2.37. The van der Waals surface area contributed by atoms with E-state index >= 15 is 0 Å². The molecule has 0 radical (unpaired) electrons. The number of fused-ring (bicyclic) bond motifs is 1. The molecule has 1 aliphatic heterocycles. The third kappa shape index (κ3) is 6.27. The second kappa shape index (κ2) is 11.2. The summed E-state index contributed by atoms with van der Waals surface area (Å²) >= 11 is 1.48. The van der Waals surface area contributed by atoms with Gasteiger partial charge in [-0.3, -0.25) is 0 Å². The molecule has 0 bridgehead atoms. The molecule has 0 saturated carbocycles. The molecule has 2 heterocycles. The van der Waals surface area contributed by atoms with Crippen LogP contribution in [0, 0.1) is 0 Å². The molecule has 0 unspecified atom stereocenters. The number of ether oxygens (including phenoxy) is 2. The number of primary amides is 1. The highest BCUT2D eigenvalue weighted by molar-refractivity contribution is 7.99. The van der Waals surface area contributed by atoms with E-state index in [2.05, 4.69) is 20.2 Å². The first-order chi connectivity index (χ1) is 16.1. The average Bonchev–Trinajstić information content (AvgIpc) is 2.82. The number of nitrogens with zero attached hydrogens (tertiary/aromatic N) is 3. The summed E-state index contributed by atoms with van der Waals surface area (Å²) in [6.07, 6.45) is 6.46. The van der Waals surface area contributed by atoms with Crippen molar-refractivity contribution >= 4 is 34.4 Å². The Labute approximate surface area is 197 Å². The van der Waals surface area contributed by atoms with Gasteiger partial charge in [-0.25, -0.2) is 14.8 Å². The van der Waals surface area contributed by atoms with Gasteiger partial charge in [-0.15, -0.1) is 0 Å². The number of rotatable bonds is 9. The number of hydrogen-bond acceptors (Lipinski definition) is 7. The molecule has 3 aromatic rings. The van der Waals surface area contributed by atoms with Gasteiger partial charge in [0.1, 0.15) is 11.4 Å². The number of aromatic nitrogens is 2. The molecule has 1 saturated heterocycles. The fourth-order valence-electron chi connectivity index (χ4n) is 3.94. The minimum Gasteiger partial charge on any atom is -0.493 e. The van der Waals surface area contributed by atoms with Gasteiger partial charge in [0.2, 0.25) is 0 Å². The van der Waals surface area contributed by atoms with E-state index in [-0.39, 0.29) is 0 Å². The maximum atomic E-state index is 11.1. The summed E-state index contributed by atoms with van der Waals surface area (Å²) < 4.78 is 11.7. The number of nitrogens with one attached hydrogen (secondary N) is 1. The van der Waals surface area contributed by atoms with Gasteiger partial charge in [-0.1, -0.05) is 24.2 Å². The number of amides is 2. The van der Waals surface area contributed by atoms with Crippen LogP contribution in [0.4, 0.5) is 10.5 Å². The Balaban J connectivity index is 1.48. The Morgan fingerprint density at radius 3 is 2.79 bits per heavy atom. The van der Waals surface area contributed by atoms with Crippen molar-refractivity contribution in [2.75, 3.05) is 38.7 Å². The zero-order valence-corrected chi connectivity index (χ0v) is 19.6. The normalized spacial score (nSPS) is 14.2. The minimum atomic E-state index is -0.599. The first-order valence-corrected chi connectivity index (χ1v) is 12.0. The van der Waals surface area contributed by atoms with Crippen LogP contribution in [0.2, 0.25) is 0 Å². The van der Waals surface area contributed by atoms with Gasteiger partial charge in [0.05, 0.1) is 19.2 Å². The predicted octanol–water partition coefficient (Wildman–Crippen LogP) is 4.54. The molecule has 1 aliphatic rings. The Kier molecular flexibility index (Phi) is 7.85. The van der Waals surface area contributed by atoms with Crippen LogP contribution in [0.5, 0.6) is 11.5 Å². The fourth-order valence-corrected chi connectivity index (χ4v) is 4.87. The third-order valence-electron chi connectivity index (χ3n) is 5.53. The van der Waals surface area contributed by atoms with Crippen molar-refractivity contribution in [3.8, 4) is 11.5 Å². The van der Waals surface area contributed by atoms with E-state index in [1.807, 2.05) is 30.3 Å². The smallest absolute Gasteiger partial charge is 0.316 e. The maximum absolute atomic E-state index is 11.1. The second-order valence-corrected chi connectivity index (χ2v) is 8.98. The molecular weight excluding hydrogens is 438 g/mol. The number of likely N-dealkylation sites (tertiary alicyclic amines) is 1. The number of piperidine rings is 1. The molecule has 1 aromatic heterocycles. The third-order valence-corrected chi connectivity index (χ3v) is 6.53. The van der Waals surface area contributed by atoms with E-state index in [0.29, 0.717) is 23.8 Å². The van der Waals surface area contributed by atoms with E-state index in [1.165, 1.54) is 44.1 Å². The fraction of sp³-hybridized carbons (Fsp3) is 0.375. The van der Waals surface area contributed by atoms with Crippen LogP contribution in [0.3, 0.4) is 0 Å². The number of anilines is 1. The van der Waals surface area contributed by atoms with Crippen LogP contribution in [0.1, 0.15) is 25.7 Å². The van der Waals surface area contributed by atoms with Crippen molar-refractivity contribution in [3.63, 3.8) is 0 Å². The summed E-state index contributed by atoms with van der Waals surface area (Å²) in [4.78, 5) is 23.5. The van der Waals surface area contributed by atoms with Crippen LogP contribution < -0.4 is 20.5 Å². The van der Waals surface area contributed by atoms with Gasteiger partial charge in [-0.05, 0) is 56.6 Å². The maximum Gasteiger partial charge on any atom is 0.316 e. The molecule has 0 atom stereocenters. The molecular formula is C24H29N5O3S. The first kappa shape index (κ1) is 23.1. The summed E-state index contributed by atoms with van der Waals surface area (Å²) in [5.74, 6) is 1.34.